The molecule has 3 aromatic rings. The molecule has 0 spiro atoms. The van der Waals surface area contributed by atoms with Gasteiger partial charge in [-0.3, -0.25) is 4.79 Å². The van der Waals surface area contributed by atoms with Crippen molar-refractivity contribution in [3.8, 4) is 28.8 Å². The summed E-state index contributed by atoms with van der Waals surface area (Å²) in [6.45, 7) is 5.26. The number of rotatable bonds is 10. The first kappa shape index (κ1) is 27.2. The van der Waals surface area contributed by atoms with Crippen molar-refractivity contribution >= 4 is 5.97 Å². The summed E-state index contributed by atoms with van der Waals surface area (Å²) in [4.78, 5) is 31.3. The van der Waals surface area contributed by atoms with Crippen LogP contribution in [0.15, 0.2) is 41.2 Å². The number of ether oxygens (including phenoxy) is 4. The van der Waals surface area contributed by atoms with Crippen LogP contribution in [-0.2, 0) is 22.4 Å². The molecular formula is C29H34N2O7. The number of aromatic nitrogens is 2. The summed E-state index contributed by atoms with van der Waals surface area (Å²) in [5.41, 5.74) is 2.19. The molecule has 202 valence electrons. The van der Waals surface area contributed by atoms with E-state index in [0.29, 0.717) is 48.8 Å². The van der Waals surface area contributed by atoms with Crippen molar-refractivity contribution in [1.29, 1.82) is 0 Å². The van der Waals surface area contributed by atoms with E-state index >= 15 is 0 Å². The van der Waals surface area contributed by atoms with Gasteiger partial charge in [0.25, 0.3) is 11.4 Å². The fraction of sp³-hybridized carbons (Fsp3) is 0.414. The maximum absolute atomic E-state index is 13.8. The number of fused-ring (bicyclic) bond motifs is 3. The highest BCUT2D eigenvalue weighted by Gasteiger charge is 2.38. The van der Waals surface area contributed by atoms with Crippen LogP contribution in [-0.4, -0.2) is 55.2 Å². The summed E-state index contributed by atoms with van der Waals surface area (Å²) in [7, 11) is 4.34. The van der Waals surface area contributed by atoms with Gasteiger partial charge in [-0.15, -0.1) is 0 Å². The Labute approximate surface area is 222 Å². The summed E-state index contributed by atoms with van der Waals surface area (Å²) >= 11 is 0. The summed E-state index contributed by atoms with van der Waals surface area (Å²) < 4.78 is 23.0. The van der Waals surface area contributed by atoms with Crippen LogP contribution in [0, 0.1) is 5.92 Å². The van der Waals surface area contributed by atoms with Crippen LogP contribution in [0.3, 0.4) is 0 Å². The van der Waals surface area contributed by atoms with Crippen molar-refractivity contribution in [3.63, 3.8) is 0 Å². The number of esters is 1. The minimum atomic E-state index is -0.879. The van der Waals surface area contributed by atoms with Crippen molar-refractivity contribution in [3.05, 3.63) is 69.0 Å². The molecule has 38 heavy (non-hydrogen) atoms. The van der Waals surface area contributed by atoms with Crippen molar-refractivity contribution in [1.82, 2.24) is 9.55 Å². The molecule has 2 heterocycles. The first-order valence-electron chi connectivity index (χ1n) is 12.6. The third-order valence-electron chi connectivity index (χ3n) is 6.87. The van der Waals surface area contributed by atoms with Crippen LogP contribution in [0.2, 0.25) is 0 Å². The molecule has 0 fully saturated rings. The highest BCUT2D eigenvalue weighted by Crippen LogP contribution is 2.48. The second kappa shape index (κ2) is 11.7. The van der Waals surface area contributed by atoms with Crippen molar-refractivity contribution in [2.24, 2.45) is 5.92 Å². The molecular weight excluding hydrogens is 488 g/mol. The molecule has 9 heteroatoms. The molecule has 9 nitrogen and oxygen atoms in total. The second-order valence-corrected chi connectivity index (χ2v) is 9.61. The highest BCUT2D eigenvalue weighted by atomic mass is 16.5. The molecule has 0 saturated heterocycles. The van der Waals surface area contributed by atoms with Gasteiger partial charge in [0.1, 0.15) is 5.75 Å². The van der Waals surface area contributed by atoms with Gasteiger partial charge in [-0.05, 0) is 35.4 Å². The van der Waals surface area contributed by atoms with Gasteiger partial charge in [-0.1, -0.05) is 44.2 Å². The van der Waals surface area contributed by atoms with Crippen LogP contribution in [0.25, 0.3) is 11.4 Å². The number of methoxy groups -OCH3 is 3. The van der Waals surface area contributed by atoms with Crippen LogP contribution in [0.4, 0.5) is 0 Å². The number of benzene rings is 1. The van der Waals surface area contributed by atoms with E-state index in [2.05, 4.69) is 0 Å². The van der Waals surface area contributed by atoms with Gasteiger partial charge in [-0.25, -0.2) is 9.78 Å². The topological polar surface area (TPSA) is 109 Å². The second-order valence-electron chi connectivity index (χ2n) is 9.61. The van der Waals surface area contributed by atoms with Gasteiger partial charge in [-0.2, -0.15) is 0 Å². The quantitative estimate of drug-likeness (QED) is 0.312. The molecule has 0 amide bonds. The van der Waals surface area contributed by atoms with Gasteiger partial charge >= 0.3 is 5.97 Å². The molecule has 1 unspecified atom stereocenters. The lowest BCUT2D eigenvalue weighted by Crippen LogP contribution is -2.33. The molecule has 0 aliphatic heterocycles. The Morgan fingerprint density at radius 3 is 2.53 bits per heavy atom. The van der Waals surface area contributed by atoms with Gasteiger partial charge in [0.05, 0.1) is 38.8 Å². The average molecular weight is 523 g/mol. The average Bonchev–Trinajstić information content (AvgIpc) is 2.92. The van der Waals surface area contributed by atoms with Crippen LogP contribution >= 0.6 is 0 Å². The fourth-order valence-corrected chi connectivity index (χ4v) is 4.96. The molecule has 1 atom stereocenters. The molecule has 0 radical (unpaired) electrons. The predicted octanol–water partition coefficient (Wildman–Crippen LogP) is 4.17. The van der Waals surface area contributed by atoms with E-state index in [1.807, 2.05) is 50.2 Å². The highest BCUT2D eigenvalue weighted by molar-refractivity contribution is 5.94. The Bertz CT molecular complexity index is 1370. The monoisotopic (exact) mass is 522 g/mol. The third kappa shape index (κ3) is 5.11. The number of carbonyl (C=O) groups is 1. The van der Waals surface area contributed by atoms with Crippen LogP contribution in [0.1, 0.15) is 53.2 Å². The number of hydrogen-bond acceptors (Lipinski definition) is 8. The van der Waals surface area contributed by atoms with Crippen molar-refractivity contribution in [2.75, 3.05) is 34.5 Å². The zero-order chi connectivity index (χ0) is 27.4. The lowest BCUT2D eigenvalue weighted by Gasteiger charge is -2.33. The van der Waals surface area contributed by atoms with E-state index in [1.54, 1.807) is 7.11 Å². The minimum Gasteiger partial charge on any atom is -0.506 e. The van der Waals surface area contributed by atoms with Gasteiger partial charge in [0.15, 0.2) is 11.3 Å². The zero-order valence-corrected chi connectivity index (χ0v) is 22.4. The normalized spacial score (nSPS) is 14.1. The van der Waals surface area contributed by atoms with E-state index in [0.717, 1.165) is 11.1 Å². The largest absolute Gasteiger partial charge is 0.506 e. The van der Waals surface area contributed by atoms with Gasteiger partial charge < -0.3 is 28.6 Å². The molecule has 2 aromatic heterocycles. The van der Waals surface area contributed by atoms with Crippen molar-refractivity contribution < 1.29 is 28.8 Å². The Kier molecular flexibility index (Phi) is 8.36. The van der Waals surface area contributed by atoms with E-state index < -0.39 is 11.5 Å². The number of hydrogen-bond donors (Lipinski definition) is 1. The summed E-state index contributed by atoms with van der Waals surface area (Å²) in [5, 5.41) is 11.4. The first-order valence-corrected chi connectivity index (χ1v) is 12.6. The van der Waals surface area contributed by atoms with Gasteiger partial charge in [0.2, 0.25) is 0 Å². The number of aromatic hydroxyl groups is 1. The summed E-state index contributed by atoms with van der Waals surface area (Å²) in [6.07, 6.45) is 1.23. The molecule has 0 bridgehead atoms. The van der Waals surface area contributed by atoms with E-state index in [1.165, 1.54) is 18.8 Å². The van der Waals surface area contributed by atoms with E-state index in [4.69, 9.17) is 23.9 Å². The minimum absolute atomic E-state index is 0.0779. The number of carbonyl (C=O) groups excluding carboxylic acids is 1. The number of nitrogens with zero attached hydrogens (tertiary/aromatic N) is 2. The third-order valence-corrected chi connectivity index (χ3v) is 6.87. The maximum Gasteiger partial charge on any atom is 0.347 e. The predicted molar refractivity (Wildman–Crippen MR) is 142 cm³/mol. The van der Waals surface area contributed by atoms with Gasteiger partial charge in [0, 0.05) is 25.7 Å². The lowest BCUT2D eigenvalue weighted by atomic mass is 9.76. The molecule has 0 saturated carbocycles. The molecule has 1 aromatic carbocycles. The lowest BCUT2D eigenvalue weighted by molar-refractivity contribution is 0.0594. The Balaban J connectivity index is 2.00. The van der Waals surface area contributed by atoms with E-state index in [-0.39, 0.29) is 35.6 Å². The molecule has 1 aliphatic rings. The summed E-state index contributed by atoms with van der Waals surface area (Å²) in [5.74, 6) is -0.581. The molecule has 1 aliphatic carbocycles. The van der Waals surface area contributed by atoms with Crippen LogP contribution in [0.5, 0.6) is 17.4 Å². The molecule has 4 rings (SSSR count). The maximum atomic E-state index is 13.8. The SMILES string of the molecule is COCCCOc1cc2c(nc1OC)-c1c(c(O)c(C(=O)OC)c(=O)n1Cc1ccccc1)C(C(C)C)C2. The fourth-order valence-electron chi connectivity index (χ4n) is 4.96. The zero-order valence-electron chi connectivity index (χ0n) is 22.4. The Morgan fingerprint density at radius 2 is 1.89 bits per heavy atom. The Morgan fingerprint density at radius 1 is 1.16 bits per heavy atom. The Hall–Kier alpha value is -3.85. The smallest absolute Gasteiger partial charge is 0.347 e. The number of pyridine rings is 2. The first-order chi connectivity index (χ1) is 18.3. The van der Waals surface area contributed by atoms with Crippen molar-refractivity contribution in [2.45, 2.75) is 39.2 Å². The molecule has 1 N–H and O–H groups in total. The van der Waals surface area contributed by atoms with E-state index in [9.17, 15) is 14.7 Å². The standard InChI is InChI=1S/C29H34N2O7/c1-17(2)20-14-19-15-21(38-13-9-12-35-3)27(36-4)30-24(19)25-22(20)26(32)23(29(34)37-5)28(33)31(25)16-18-10-7-6-8-11-18/h6-8,10-11,15,17,20,32H,9,12-14,16H2,1-5H3. The summed E-state index contributed by atoms with van der Waals surface area (Å²) in [6, 6.07) is 11.4. The van der Waals surface area contributed by atoms with Crippen LogP contribution < -0.4 is 15.0 Å².